The van der Waals surface area contributed by atoms with Gasteiger partial charge in [-0.1, -0.05) is 11.6 Å². The smallest absolute Gasteiger partial charge is 0.144 e. The molecule has 0 amide bonds. The second kappa shape index (κ2) is 3.99. The summed E-state index contributed by atoms with van der Waals surface area (Å²) < 4.78 is 15.1. The first-order valence-corrected chi connectivity index (χ1v) is 5.48. The van der Waals surface area contributed by atoms with Gasteiger partial charge in [-0.15, -0.1) is 11.6 Å². The Hall–Kier alpha value is -0.800. The van der Waals surface area contributed by atoms with Gasteiger partial charge >= 0.3 is 0 Å². The van der Waals surface area contributed by atoms with Crippen LogP contribution in [0.5, 0.6) is 0 Å². The lowest BCUT2D eigenvalue weighted by Crippen LogP contribution is -1.98. The number of hydrogen-bond acceptors (Lipinski definition) is 1. The van der Waals surface area contributed by atoms with Crippen LogP contribution in [0.3, 0.4) is 0 Å². The van der Waals surface area contributed by atoms with Crippen molar-refractivity contribution in [2.75, 3.05) is 0 Å². The number of imidazole rings is 1. The van der Waals surface area contributed by atoms with Crippen molar-refractivity contribution in [2.45, 2.75) is 19.3 Å². The van der Waals surface area contributed by atoms with Crippen LogP contribution in [0.4, 0.5) is 4.39 Å². The second-order valence-corrected chi connectivity index (χ2v) is 3.84. The van der Waals surface area contributed by atoms with Crippen LogP contribution in [0.15, 0.2) is 12.1 Å². The van der Waals surface area contributed by atoms with Crippen molar-refractivity contribution in [3.63, 3.8) is 0 Å². The highest BCUT2D eigenvalue weighted by atomic mass is 35.5. The molecule has 2 nitrogen and oxygen atoms in total. The predicted octanol–water partition coefficient (Wildman–Crippen LogP) is 3.59. The summed E-state index contributed by atoms with van der Waals surface area (Å²) in [7, 11) is 0. The van der Waals surface area contributed by atoms with Crippen molar-refractivity contribution in [1.82, 2.24) is 9.55 Å². The maximum absolute atomic E-state index is 13.2. The maximum atomic E-state index is 13.2. The first-order chi connectivity index (χ1) is 7.17. The summed E-state index contributed by atoms with van der Waals surface area (Å²) >= 11 is 11.5. The molecule has 0 fully saturated rings. The zero-order valence-electron chi connectivity index (χ0n) is 8.10. The van der Waals surface area contributed by atoms with E-state index >= 15 is 0 Å². The molecule has 1 aromatic carbocycles. The van der Waals surface area contributed by atoms with E-state index < -0.39 is 5.82 Å². The predicted molar refractivity (Wildman–Crippen MR) is 59.9 cm³/mol. The summed E-state index contributed by atoms with van der Waals surface area (Å²) in [5.41, 5.74) is 1.41. The van der Waals surface area contributed by atoms with Gasteiger partial charge in [-0.3, -0.25) is 0 Å². The summed E-state index contributed by atoms with van der Waals surface area (Å²) in [5.74, 6) is 0.587. The summed E-state index contributed by atoms with van der Waals surface area (Å²) in [6, 6.07) is 2.92. The molecule has 0 spiro atoms. The summed E-state index contributed by atoms with van der Waals surface area (Å²) in [4.78, 5) is 4.24. The van der Waals surface area contributed by atoms with E-state index in [2.05, 4.69) is 4.98 Å². The molecule has 0 saturated carbocycles. The van der Waals surface area contributed by atoms with E-state index in [0.29, 0.717) is 11.4 Å². The summed E-state index contributed by atoms with van der Waals surface area (Å²) in [6.07, 6.45) is 0. The molecule has 80 valence electrons. The largest absolute Gasteiger partial charge is 0.327 e. The van der Waals surface area contributed by atoms with Crippen molar-refractivity contribution < 1.29 is 4.39 Å². The van der Waals surface area contributed by atoms with Gasteiger partial charge in [-0.05, 0) is 13.0 Å². The SMILES string of the molecule is CCn1c(CCl)nc2cc(F)c(Cl)cc21. The molecule has 0 bridgehead atoms. The van der Waals surface area contributed by atoms with Crippen molar-refractivity contribution in [1.29, 1.82) is 0 Å². The van der Waals surface area contributed by atoms with E-state index in [1.165, 1.54) is 6.07 Å². The minimum atomic E-state index is -0.453. The molecule has 2 rings (SSSR count). The number of hydrogen-bond donors (Lipinski definition) is 0. The number of halogens is 3. The molecule has 2 aromatic rings. The third kappa shape index (κ3) is 1.70. The third-order valence-electron chi connectivity index (χ3n) is 2.31. The molecular formula is C10H9Cl2FN2. The number of fused-ring (bicyclic) bond motifs is 1. The molecule has 1 heterocycles. The van der Waals surface area contributed by atoms with Crippen LogP contribution in [0, 0.1) is 5.82 Å². The lowest BCUT2D eigenvalue weighted by molar-refractivity contribution is 0.629. The highest BCUT2D eigenvalue weighted by molar-refractivity contribution is 6.31. The van der Waals surface area contributed by atoms with Crippen LogP contribution >= 0.6 is 23.2 Å². The molecule has 0 aliphatic rings. The minimum absolute atomic E-state index is 0.109. The van der Waals surface area contributed by atoms with Gasteiger partial charge in [0.25, 0.3) is 0 Å². The zero-order chi connectivity index (χ0) is 11.0. The van der Waals surface area contributed by atoms with E-state index in [1.54, 1.807) is 6.07 Å². The first-order valence-electron chi connectivity index (χ1n) is 4.57. The molecule has 0 radical (unpaired) electrons. The van der Waals surface area contributed by atoms with Crippen LogP contribution in [-0.4, -0.2) is 9.55 Å². The van der Waals surface area contributed by atoms with Crippen LogP contribution in [-0.2, 0) is 12.4 Å². The Labute approximate surface area is 96.6 Å². The molecule has 0 unspecified atom stereocenters. The second-order valence-electron chi connectivity index (χ2n) is 3.16. The van der Waals surface area contributed by atoms with Crippen molar-refractivity contribution in [3.05, 3.63) is 28.8 Å². The van der Waals surface area contributed by atoms with Crippen LogP contribution in [0.1, 0.15) is 12.7 Å². The Morgan fingerprint density at radius 2 is 2.20 bits per heavy atom. The third-order valence-corrected chi connectivity index (χ3v) is 2.83. The van der Waals surface area contributed by atoms with E-state index in [-0.39, 0.29) is 5.02 Å². The molecule has 0 saturated heterocycles. The van der Waals surface area contributed by atoms with E-state index in [9.17, 15) is 4.39 Å². The van der Waals surface area contributed by atoms with Gasteiger partial charge in [-0.2, -0.15) is 0 Å². The van der Waals surface area contributed by atoms with Gasteiger partial charge in [-0.25, -0.2) is 9.37 Å². The molecular weight excluding hydrogens is 238 g/mol. The fraction of sp³-hybridized carbons (Fsp3) is 0.300. The number of aryl methyl sites for hydroxylation is 1. The Morgan fingerprint density at radius 3 is 2.80 bits per heavy atom. The summed E-state index contributed by atoms with van der Waals surface area (Å²) in [6.45, 7) is 2.72. The zero-order valence-corrected chi connectivity index (χ0v) is 9.61. The van der Waals surface area contributed by atoms with Crippen LogP contribution in [0.2, 0.25) is 5.02 Å². The highest BCUT2D eigenvalue weighted by Gasteiger charge is 2.11. The van der Waals surface area contributed by atoms with Gasteiger partial charge in [0.15, 0.2) is 0 Å². The summed E-state index contributed by atoms with van der Waals surface area (Å²) in [5, 5.41) is 0.109. The quantitative estimate of drug-likeness (QED) is 0.741. The molecule has 1 aromatic heterocycles. The van der Waals surface area contributed by atoms with Crippen molar-refractivity contribution in [2.24, 2.45) is 0 Å². The highest BCUT2D eigenvalue weighted by Crippen LogP contribution is 2.24. The number of alkyl halides is 1. The van der Waals surface area contributed by atoms with Crippen molar-refractivity contribution in [3.8, 4) is 0 Å². The Bertz CT molecular complexity index is 508. The molecule has 0 aliphatic heterocycles. The Morgan fingerprint density at radius 1 is 1.47 bits per heavy atom. The molecule has 0 aliphatic carbocycles. The minimum Gasteiger partial charge on any atom is -0.327 e. The standard InChI is InChI=1S/C10H9Cl2FN2/c1-2-15-9-3-6(12)7(13)4-8(9)14-10(15)5-11/h3-4H,2,5H2,1H3. The molecule has 0 atom stereocenters. The van der Waals surface area contributed by atoms with Crippen molar-refractivity contribution >= 4 is 34.2 Å². The van der Waals surface area contributed by atoms with Gasteiger partial charge in [0.1, 0.15) is 11.6 Å². The maximum Gasteiger partial charge on any atom is 0.144 e. The first kappa shape index (κ1) is 10.7. The van der Waals surface area contributed by atoms with Gasteiger partial charge in [0, 0.05) is 12.6 Å². The average Bonchev–Trinajstić information content (AvgIpc) is 2.56. The molecule has 0 N–H and O–H groups in total. The topological polar surface area (TPSA) is 17.8 Å². The Kier molecular flexibility index (Phi) is 2.85. The van der Waals surface area contributed by atoms with Crippen LogP contribution < -0.4 is 0 Å². The van der Waals surface area contributed by atoms with Gasteiger partial charge in [0.05, 0.1) is 21.9 Å². The number of rotatable bonds is 2. The fourth-order valence-electron chi connectivity index (χ4n) is 1.62. The monoisotopic (exact) mass is 246 g/mol. The van der Waals surface area contributed by atoms with Crippen LogP contribution in [0.25, 0.3) is 11.0 Å². The Balaban J connectivity index is 2.77. The lowest BCUT2D eigenvalue weighted by atomic mass is 10.3. The fourth-order valence-corrected chi connectivity index (χ4v) is 1.99. The molecule has 5 heteroatoms. The number of aromatic nitrogens is 2. The number of benzene rings is 1. The van der Waals surface area contributed by atoms with Gasteiger partial charge in [0.2, 0.25) is 0 Å². The molecule has 15 heavy (non-hydrogen) atoms. The lowest BCUT2D eigenvalue weighted by Gasteiger charge is -2.03. The van der Waals surface area contributed by atoms with E-state index in [0.717, 1.165) is 17.9 Å². The normalized spacial score (nSPS) is 11.2. The van der Waals surface area contributed by atoms with E-state index in [1.807, 2.05) is 11.5 Å². The van der Waals surface area contributed by atoms with E-state index in [4.69, 9.17) is 23.2 Å². The number of nitrogens with zero attached hydrogens (tertiary/aromatic N) is 2. The van der Waals surface area contributed by atoms with Gasteiger partial charge < -0.3 is 4.57 Å². The average molecular weight is 247 g/mol.